The number of ketones is 1. The van der Waals surface area contributed by atoms with E-state index in [4.69, 9.17) is 4.98 Å². The molecule has 0 aromatic carbocycles. The van der Waals surface area contributed by atoms with E-state index in [2.05, 4.69) is 18.7 Å². The van der Waals surface area contributed by atoms with E-state index in [1.807, 2.05) is 0 Å². The minimum absolute atomic E-state index is 0.306. The number of carbonyl (C=O) groups excluding carboxylic acids is 1. The molecule has 4 heteroatoms. The first-order valence-corrected chi connectivity index (χ1v) is 7.78. The van der Waals surface area contributed by atoms with Crippen LogP contribution in [0.15, 0.2) is 0 Å². The average Bonchev–Trinajstić information content (AvgIpc) is 2.95. The summed E-state index contributed by atoms with van der Waals surface area (Å²) in [6, 6.07) is 0.604. The zero-order chi connectivity index (χ0) is 12.7. The number of thiazole rings is 1. The van der Waals surface area contributed by atoms with E-state index in [-0.39, 0.29) is 0 Å². The fourth-order valence-electron chi connectivity index (χ4n) is 3.10. The second-order valence-corrected chi connectivity index (χ2v) is 6.67. The Morgan fingerprint density at radius 2 is 2.17 bits per heavy atom. The summed E-state index contributed by atoms with van der Waals surface area (Å²) in [5.74, 6) is 0.962. The minimum atomic E-state index is 0.306. The monoisotopic (exact) mass is 264 g/mol. The summed E-state index contributed by atoms with van der Waals surface area (Å²) in [5.41, 5.74) is 1.06. The molecule has 0 bridgehead atoms. The highest BCUT2D eigenvalue weighted by Gasteiger charge is 2.31. The fraction of sp³-hybridized carbons (Fsp3) is 0.714. The molecule has 3 nitrogen and oxygen atoms in total. The molecule has 1 aromatic heterocycles. The van der Waals surface area contributed by atoms with Gasteiger partial charge < -0.3 is 4.90 Å². The number of aryl methyl sites for hydroxylation is 1. The molecule has 3 rings (SSSR count). The molecule has 98 valence electrons. The van der Waals surface area contributed by atoms with Gasteiger partial charge in [-0.15, -0.1) is 0 Å². The summed E-state index contributed by atoms with van der Waals surface area (Å²) in [6.07, 6.45) is 5.18. The molecule has 1 saturated heterocycles. The van der Waals surface area contributed by atoms with Crippen LogP contribution in [0.2, 0.25) is 0 Å². The molecule has 0 amide bonds. The van der Waals surface area contributed by atoms with Gasteiger partial charge in [0, 0.05) is 19.0 Å². The largest absolute Gasteiger partial charge is 0.345 e. The van der Waals surface area contributed by atoms with Crippen LogP contribution in [0.1, 0.15) is 54.9 Å². The summed E-state index contributed by atoms with van der Waals surface area (Å²) < 4.78 is 0. The quantitative estimate of drug-likeness (QED) is 0.822. The van der Waals surface area contributed by atoms with Gasteiger partial charge in [0.1, 0.15) is 0 Å². The van der Waals surface area contributed by atoms with Gasteiger partial charge in [-0.05, 0) is 31.6 Å². The molecule has 18 heavy (non-hydrogen) atoms. The predicted molar refractivity (Wildman–Crippen MR) is 74.6 cm³/mol. The summed E-state index contributed by atoms with van der Waals surface area (Å²) in [5, 5.41) is 1.09. The van der Waals surface area contributed by atoms with E-state index in [0.717, 1.165) is 35.1 Å². The normalized spacial score (nSPS) is 23.8. The predicted octanol–water partition coefficient (Wildman–Crippen LogP) is 3.29. The van der Waals surface area contributed by atoms with Gasteiger partial charge in [-0.3, -0.25) is 4.79 Å². The Balaban J connectivity index is 1.91. The Labute approximate surface area is 112 Å². The van der Waals surface area contributed by atoms with Crippen molar-refractivity contribution in [2.24, 2.45) is 5.92 Å². The second-order valence-electron chi connectivity index (χ2n) is 5.70. The van der Waals surface area contributed by atoms with Gasteiger partial charge in [0.15, 0.2) is 10.9 Å². The van der Waals surface area contributed by atoms with Crippen LogP contribution in [0.3, 0.4) is 0 Å². The number of fused-ring (bicyclic) bond motifs is 1. The SMILES string of the molecule is CC(C)C1CCCN1c1nc2c(s1)C(=O)CCC2. The van der Waals surface area contributed by atoms with Gasteiger partial charge in [-0.2, -0.15) is 0 Å². The van der Waals surface area contributed by atoms with Crippen molar-refractivity contribution in [3.8, 4) is 0 Å². The highest BCUT2D eigenvalue weighted by atomic mass is 32.1. The third-order valence-electron chi connectivity index (χ3n) is 4.07. The number of hydrogen-bond donors (Lipinski definition) is 0. The summed E-state index contributed by atoms with van der Waals surface area (Å²) >= 11 is 1.63. The van der Waals surface area contributed by atoms with Crippen LogP contribution in [0.25, 0.3) is 0 Å². The van der Waals surface area contributed by atoms with Crippen LogP contribution in [0.5, 0.6) is 0 Å². The zero-order valence-corrected chi connectivity index (χ0v) is 11.9. The third kappa shape index (κ3) is 1.96. The lowest BCUT2D eigenvalue weighted by Crippen LogP contribution is -2.33. The Bertz CT molecular complexity index is 466. The van der Waals surface area contributed by atoms with Gasteiger partial charge in [-0.1, -0.05) is 25.2 Å². The summed E-state index contributed by atoms with van der Waals surface area (Å²) in [6.45, 7) is 5.66. The molecule has 1 aliphatic heterocycles. The maximum atomic E-state index is 11.9. The van der Waals surface area contributed by atoms with Gasteiger partial charge in [0.25, 0.3) is 0 Å². The van der Waals surface area contributed by atoms with E-state index < -0.39 is 0 Å². The van der Waals surface area contributed by atoms with E-state index in [9.17, 15) is 4.79 Å². The lowest BCUT2D eigenvalue weighted by molar-refractivity contribution is 0.0976. The number of nitrogens with zero attached hydrogens (tertiary/aromatic N) is 2. The number of anilines is 1. The average molecular weight is 264 g/mol. The maximum Gasteiger partial charge on any atom is 0.186 e. The van der Waals surface area contributed by atoms with Crippen molar-refractivity contribution in [2.75, 3.05) is 11.4 Å². The van der Waals surface area contributed by atoms with E-state index >= 15 is 0 Å². The highest BCUT2D eigenvalue weighted by Crippen LogP contribution is 2.36. The lowest BCUT2D eigenvalue weighted by Gasteiger charge is -2.27. The van der Waals surface area contributed by atoms with E-state index in [1.54, 1.807) is 11.3 Å². The fourth-order valence-corrected chi connectivity index (χ4v) is 4.27. The molecule has 1 aromatic rings. The van der Waals surface area contributed by atoms with E-state index in [0.29, 0.717) is 24.2 Å². The van der Waals surface area contributed by atoms with E-state index in [1.165, 1.54) is 12.8 Å². The van der Waals surface area contributed by atoms with Crippen LogP contribution >= 0.6 is 11.3 Å². The Hall–Kier alpha value is -0.900. The second kappa shape index (κ2) is 4.65. The third-order valence-corrected chi connectivity index (χ3v) is 5.25. The molecule has 0 saturated carbocycles. The van der Waals surface area contributed by atoms with Gasteiger partial charge >= 0.3 is 0 Å². The van der Waals surface area contributed by atoms with Crippen molar-refractivity contribution in [2.45, 2.75) is 52.0 Å². The Morgan fingerprint density at radius 3 is 2.89 bits per heavy atom. The van der Waals surface area contributed by atoms with Crippen LogP contribution in [0, 0.1) is 5.92 Å². The molecule has 1 atom stereocenters. The van der Waals surface area contributed by atoms with Crippen LogP contribution < -0.4 is 4.90 Å². The highest BCUT2D eigenvalue weighted by molar-refractivity contribution is 7.17. The van der Waals surface area contributed by atoms with Crippen molar-refractivity contribution >= 4 is 22.3 Å². The molecule has 2 aliphatic rings. The molecule has 2 heterocycles. The molecule has 1 aliphatic carbocycles. The minimum Gasteiger partial charge on any atom is -0.345 e. The number of hydrogen-bond acceptors (Lipinski definition) is 4. The standard InChI is InChI=1S/C14H20N2OS/c1-9(2)11-6-4-8-16(11)14-15-10-5-3-7-12(17)13(10)18-14/h9,11H,3-8H2,1-2H3. The smallest absolute Gasteiger partial charge is 0.186 e. The van der Waals surface area contributed by atoms with Crippen molar-refractivity contribution in [3.63, 3.8) is 0 Å². The lowest BCUT2D eigenvalue weighted by atomic mass is 10.0. The van der Waals surface area contributed by atoms with Crippen molar-refractivity contribution in [3.05, 3.63) is 10.6 Å². The number of Topliss-reactive ketones (excluding diaryl/α,β-unsaturated/α-hetero) is 1. The molecule has 1 unspecified atom stereocenters. The Kier molecular flexibility index (Phi) is 3.14. The number of rotatable bonds is 2. The number of aromatic nitrogens is 1. The topological polar surface area (TPSA) is 33.2 Å². The van der Waals surface area contributed by atoms with Crippen LogP contribution in [0.4, 0.5) is 5.13 Å². The van der Waals surface area contributed by atoms with Gasteiger partial charge in [-0.25, -0.2) is 4.98 Å². The number of carbonyl (C=O) groups is 1. The van der Waals surface area contributed by atoms with Gasteiger partial charge in [0.05, 0.1) is 10.6 Å². The first-order valence-electron chi connectivity index (χ1n) is 6.96. The van der Waals surface area contributed by atoms with Gasteiger partial charge in [0.2, 0.25) is 0 Å². The molecule has 0 spiro atoms. The van der Waals surface area contributed by atoms with Crippen LogP contribution in [-0.2, 0) is 6.42 Å². The molecule has 0 N–H and O–H groups in total. The first-order chi connectivity index (χ1) is 8.66. The van der Waals surface area contributed by atoms with Crippen molar-refractivity contribution < 1.29 is 4.79 Å². The zero-order valence-electron chi connectivity index (χ0n) is 11.1. The maximum absolute atomic E-state index is 11.9. The molecule has 0 radical (unpaired) electrons. The first kappa shape index (κ1) is 12.2. The Morgan fingerprint density at radius 1 is 1.33 bits per heavy atom. The van der Waals surface area contributed by atoms with Crippen LogP contribution in [-0.4, -0.2) is 23.4 Å². The molecular formula is C14H20N2OS. The molecule has 1 fully saturated rings. The van der Waals surface area contributed by atoms with Crippen molar-refractivity contribution in [1.29, 1.82) is 0 Å². The summed E-state index contributed by atoms with van der Waals surface area (Å²) in [4.78, 5) is 20.0. The molecular weight excluding hydrogens is 244 g/mol. The van der Waals surface area contributed by atoms with Crippen molar-refractivity contribution in [1.82, 2.24) is 4.98 Å². The summed E-state index contributed by atoms with van der Waals surface area (Å²) in [7, 11) is 0.